The molecule has 0 saturated carbocycles. The summed E-state index contributed by atoms with van der Waals surface area (Å²) in [6.45, 7) is 2.88. The van der Waals surface area contributed by atoms with E-state index in [2.05, 4.69) is 12.3 Å². The van der Waals surface area contributed by atoms with E-state index in [-0.39, 0.29) is 0 Å². The fourth-order valence-electron chi connectivity index (χ4n) is 1.47. The molecule has 0 aromatic heterocycles. The van der Waals surface area contributed by atoms with Crippen molar-refractivity contribution in [3.05, 3.63) is 10.1 Å². The van der Waals surface area contributed by atoms with E-state index in [1.165, 1.54) is 38.5 Å². The fourth-order valence-corrected chi connectivity index (χ4v) is 1.47. The lowest BCUT2D eigenvalue weighted by atomic mass is 10.1. The molecule has 0 rings (SSSR count). The van der Waals surface area contributed by atoms with E-state index in [0.717, 1.165) is 12.8 Å². The maximum absolute atomic E-state index is 9.87. The van der Waals surface area contributed by atoms with Gasteiger partial charge >= 0.3 is 0 Å². The van der Waals surface area contributed by atoms with Gasteiger partial charge in [-0.2, -0.15) is 5.43 Å². The summed E-state index contributed by atoms with van der Waals surface area (Å²) >= 11 is 0. The second-order valence-electron chi connectivity index (χ2n) is 3.77. The molecule has 5 nitrogen and oxygen atoms in total. The minimum absolute atomic E-state index is 0.579. The van der Waals surface area contributed by atoms with Crippen LogP contribution in [0.2, 0.25) is 0 Å². The molecule has 0 aliphatic carbocycles. The molecule has 0 bridgehead atoms. The number of hydrogen-bond donors (Lipinski definition) is 2. The van der Waals surface area contributed by atoms with Gasteiger partial charge in [0.2, 0.25) is 0 Å². The van der Waals surface area contributed by atoms with Crippen LogP contribution in [0.1, 0.15) is 58.3 Å². The highest BCUT2D eigenvalue weighted by atomic mass is 16.7. The summed E-state index contributed by atoms with van der Waals surface area (Å²) < 4.78 is 0. The summed E-state index contributed by atoms with van der Waals surface area (Å²) in [6.07, 6.45) is 9.98. The first-order valence-corrected chi connectivity index (χ1v) is 5.90. The average Bonchev–Trinajstić information content (AvgIpc) is 2.20. The molecule has 90 valence electrons. The second-order valence-corrected chi connectivity index (χ2v) is 3.77. The Morgan fingerprint density at radius 1 is 1.00 bits per heavy atom. The normalized spacial score (nSPS) is 10.2. The molecule has 2 N–H and O–H groups in total. The molecular weight excluding hydrogens is 194 g/mol. The minimum Gasteiger partial charge on any atom is -0.234 e. The van der Waals surface area contributed by atoms with Gasteiger partial charge in [0.25, 0.3) is 0 Å². The monoisotopic (exact) mass is 217 g/mol. The maximum Gasteiger partial charge on any atom is 0.173 e. The van der Waals surface area contributed by atoms with E-state index in [0.29, 0.717) is 6.54 Å². The number of hydrazine groups is 2. The molecule has 0 radical (unpaired) electrons. The summed E-state index contributed by atoms with van der Waals surface area (Å²) in [6, 6.07) is 0. The molecule has 0 aromatic carbocycles. The van der Waals surface area contributed by atoms with Crippen molar-refractivity contribution < 1.29 is 5.03 Å². The van der Waals surface area contributed by atoms with Crippen LogP contribution in [-0.4, -0.2) is 11.6 Å². The highest BCUT2D eigenvalue weighted by Crippen LogP contribution is 2.07. The van der Waals surface area contributed by atoms with E-state index < -0.39 is 5.03 Å². The summed E-state index contributed by atoms with van der Waals surface area (Å²) in [5, 5.41) is 9.29. The lowest BCUT2D eigenvalue weighted by Crippen LogP contribution is -2.37. The SMILES string of the molecule is CCCCCCCCCCNN[N+](=O)[O-]. The lowest BCUT2D eigenvalue weighted by molar-refractivity contribution is -0.555. The predicted molar refractivity (Wildman–Crippen MR) is 60.7 cm³/mol. The first-order valence-electron chi connectivity index (χ1n) is 5.90. The van der Waals surface area contributed by atoms with Gasteiger partial charge in [-0.3, -0.25) is 0 Å². The molecule has 0 aliphatic rings. The summed E-state index contributed by atoms with van der Waals surface area (Å²) in [5.41, 5.74) is 4.48. The van der Waals surface area contributed by atoms with E-state index in [1.54, 1.807) is 0 Å². The highest BCUT2D eigenvalue weighted by molar-refractivity contribution is 4.46. The zero-order valence-electron chi connectivity index (χ0n) is 9.63. The standard InChI is InChI=1S/C10H23N3O2/c1-2-3-4-5-6-7-8-9-10-11-12-13(14)15/h11-12H,2-10H2,1H3. The lowest BCUT2D eigenvalue weighted by Gasteiger charge is -2.01. The average molecular weight is 217 g/mol. The van der Waals surface area contributed by atoms with Gasteiger partial charge in [-0.05, 0) is 6.42 Å². The largest absolute Gasteiger partial charge is 0.234 e. The van der Waals surface area contributed by atoms with Crippen LogP contribution in [0, 0.1) is 10.1 Å². The third-order valence-corrected chi connectivity index (χ3v) is 2.33. The number of nitrogens with one attached hydrogen (secondary N) is 2. The predicted octanol–water partition coefficient (Wildman–Crippen LogP) is 2.41. The number of hydrogen-bond acceptors (Lipinski definition) is 3. The zero-order valence-corrected chi connectivity index (χ0v) is 9.63. The van der Waals surface area contributed by atoms with E-state index in [1.807, 2.05) is 5.53 Å². The Kier molecular flexibility index (Phi) is 10.6. The third-order valence-electron chi connectivity index (χ3n) is 2.33. The molecule has 0 atom stereocenters. The zero-order chi connectivity index (χ0) is 11.4. The van der Waals surface area contributed by atoms with Gasteiger partial charge in [-0.25, -0.2) is 10.1 Å². The molecule has 5 heteroatoms. The topological polar surface area (TPSA) is 67.2 Å². The Hall–Kier alpha value is -0.840. The van der Waals surface area contributed by atoms with Crippen molar-refractivity contribution in [2.24, 2.45) is 0 Å². The van der Waals surface area contributed by atoms with Crippen LogP contribution in [0.15, 0.2) is 0 Å². The van der Waals surface area contributed by atoms with Crippen LogP contribution in [0.3, 0.4) is 0 Å². The molecule has 0 fully saturated rings. The van der Waals surface area contributed by atoms with Crippen molar-refractivity contribution in [2.45, 2.75) is 58.3 Å². The molecule has 15 heavy (non-hydrogen) atoms. The van der Waals surface area contributed by atoms with Crippen molar-refractivity contribution in [3.8, 4) is 0 Å². The first-order chi connectivity index (χ1) is 7.27. The van der Waals surface area contributed by atoms with Crippen molar-refractivity contribution in [3.63, 3.8) is 0 Å². The van der Waals surface area contributed by atoms with Gasteiger partial charge < -0.3 is 0 Å². The van der Waals surface area contributed by atoms with Crippen molar-refractivity contribution in [2.75, 3.05) is 6.54 Å². The molecule has 0 heterocycles. The minimum atomic E-state index is -0.579. The first kappa shape index (κ1) is 14.2. The molecule has 0 spiro atoms. The van der Waals surface area contributed by atoms with Crippen LogP contribution in [0.5, 0.6) is 0 Å². The number of unbranched alkanes of at least 4 members (excludes halogenated alkanes) is 7. The Bertz CT molecular complexity index is 154. The van der Waals surface area contributed by atoms with Gasteiger partial charge in [0.05, 0.1) is 0 Å². The van der Waals surface area contributed by atoms with Gasteiger partial charge in [-0.15, -0.1) is 0 Å². The summed E-state index contributed by atoms with van der Waals surface area (Å²) in [7, 11) is 0. The van der Waals surface area contributed by atoms with Crippen LogP contribution < -0.4 is 11.0 Å². The Labute approximate surface area is 91.7 Å². The Balaban J connectivity index is 2.89. The molecule has 0 amide bonds. The second kappa shape index (κ2) is 11.2. The molecule has 0 aliphatic heterocycles. The van der Waals surface area contributed by atoms with Crippen molar-refractivity contribution in [1.29, 1.82) is 0 Å². The molecular formula is C10H23N3O2. The molecule has 0 unspecified atom stereocenters. The summed E-state index contributed by atoms with van der Waals surface area (Å²) in [4.78, 5) is 9.87. The Morgan fingerprint density at radius 2 is 1.53 bits per heavy atom. The van der Waals surface area contributed by atoms with E-state index >= 15 is 0 Å². The fraction of sp³-hybridized carbons (Fsp3) is 1.00. The van der Waals surface area contributed by atoms with Crippen molar-refractivity contribution >= 4 is 0 Å². The number of nitro groups is 1. The van der Waals surface area contributed by atoms with Crippen LogP contribution in [-0.2, 0) is 0 Å². The van der Waals surface area contributed by atoms with E-state index in [4.69, 9.17) is 0 Å². The van der Waals surface area contributed by atoms with Crippen LogP contribution in [0.4, 0.5) is 0 Å². The maximum atomic E-state index is 9.87. The third kappa shape index (κ3) is 13.2. The molecule has 0 aromatic rings. The van der Waals surface area contributed by atoms with Gasteiger partial charge in [-0.1, -0.05) is 57.4 Å². The van der Waals surface area contributed by atoms with Crippen LogP contribution >= 0.6 is 0 Å². The van der Waals surface area contributed by atoms with Crippen molar-refractivity contribution in [1.82, 2.24) is 11.0 Å². The quantitative estimate of drug-likeness (QED) is 0.317. The smallest absolute Gasteiger partial charge is 0.173 e. The van der Waals surface area contributed by atoms with E-state index in [9.17, 15) is 10.1 Å². The number of nitrogens with zero attached hydrogens (tertiary/aromatic N) is 1. The molecule has 0 saturated heterocycles. The van der Waals surface area contributed by atoms with Gasteiger partial charge in [0.15, 0.2) is 5.03 Å². The Morgan fingerprint density at radius 3 is 2.07 bits per heavy atom. The van der Waals surface area contributed by atoms with Crippen LogP contribution in [0.25, 0.3) is 0 Å². The highest BCUT2D eigenvalue weighted by Gasteiger charge is 1.93. The summed E-state index contributed by atoms with van der Waals surface area (Å²) in [5.74, 6) is 0. The van der Waals surface area contributed by atoms with Gasteiger partial charge in [0.1, 0.15) is 0 Å². The van der Waals surface area contributed by atoms with Gasteiger partial charge in [0, 0.05) is 6.54 Å². The number of rotatable bonds is 11.